The second-order valence-electron chi connectivity index (χ2n) is 5.84. The predicted octanol–water partition coefficient (Wildman–Crippen LogP) is 3.52. The first-order valence-corrected chi connectivity index (χ1v) is 8.19. The van der Waals surface area contributed by atoms with Crippen molar-refractivity contribution in [1.29, 1.82) is 0 Å². The Morgan fingerprint density at radius 3 is 3.00 bits per heavy atom. The summed E-state index contributed by atoms with van der Waals surface area (Å²) in [5, 5.41) is 0. The van der Waals surface area contributed by atoms with Crippen LogP contribution >= 0.6 is 0 Å². The van der Waals surface area contributed by atoms with Gasteiger partial charge in [-0.05, 0) is 25.0 Å². The number of nitrogens with zero attached hydrogens (tertiary/aromatic N) is 3. The molecule has 3 rings (SSSR count). The molecule has 126 valence electrons. The highest BCUT2D eigenvalue weighted by Gasteiger charge is 2.27. The smallest absolute Gasteiger partial charge is 0.241 e. The number of carbonyl (C=O) groups excluding carboxylic acids is 1. The second-order valence-corrected chi connectivity index (χ2v) is 5.84. The number of halogens is 1. The molecule has 1 aliphatic heterocycles. The summed E-state index contributed by atoms with van der Waals surface area (Å²) in [6, 6.07) is 5.93. The average molecular weight is 329 g/mol. The van der Waals surface area contributed by atoms with Crippen LogP contribution in [0.5, 0.6) is 11.6 Å². The van der Waals surface area contributed by atoms with Gasteiger partial charge in [-0.1, -0.05) is 13.0 Å². The topological polar surface area (TPSA) is 55.3 Å². The highest BCUT2D eigenvalue weighted by molar-refractivity contribution is 5.76. The number of rotatable bonds is 4. The zero-order valence-corrected chi connectivity index (χ0v) is 13.6. The summed E-state index contributed by atoms with van der Waals surface area (Å²) in [5.41, 5.74) is 0.718. The van der Waals surface area contributed by atoms with E-state index in [4.69, 9.17) is 4.74 Å². The molecule has 0 N–H and O–H groups in total. The molecule has 1 saturated heterocycles. The molecular formula is C18H20FN3O2. The summed E-state index contributed by atoms with van der Waals surface area (Å²) in [6.45, 7) is 3.27. The van der Waals surface area contributed by atoms with E-state index in [1.54, 1.807) is 24.5 Å². The first-order chi connectivity index (χ1) is 11.7. The lowest BCUT2D eigenvalue weighted by Gasteiger charge is -2.32. The van der Waals surface area contributed by atoms with Gasteiger partial charge >= 0.3 is 0 Å². The standard InChI is InChI=1S/C18H20FN3O2/c1-2-16(23)22-10-4-5-13(12-22)17-18(21-9-8-20-17)24-15-7-3-6-14(19)11-15/h3,6-9,11,13H,2,4-5,10,12H2,1H3/t13-/m1/s1. The largest absolute Gasteiger partial charge is 0.437 e. The fraction of sp³-hybridized carbons (Fsp3) is 0.389. The summed E-state index contributed by atoms with van der Waals surface area (Å²) >= 11 is 0. The number of hydrogen-bond donors (Lipinski definition) is 0. The Hall–Kier alpha value is -2.50. The molecule has 1 aromatic carbocycles. The van der Waals surface area contributed by atoms with Crippen molar-refractivity contribution in [3.05, 3.63) is 48.2 Å². The molecule has 0 radical (unpaired) electrons. The van der Waals surface area contributed by atoms with Gasteiger partial charge in [0.05, 0.1) is 0 Å². The van der Waals surface area contributed by atoms with E-state index in [1.807, 2.05) is 11.8 Å². The molecule has 0 bridgehead atoms. The van der Waals surface area contributed by atoms with E-state index in [1.165, 1.54) is 12.1 Å². The van der Waals surface area contributed by atoms with Gasteiger partial charge in [0, 0.05) is 43.9 Å². The zero-order chi connectivity index (χ0) is 16.9. The van der Waals surface area contributed by atoms with Gasteiger partial charge in [-0.25, -0.2) is 9.37 Å². The monoisotopic (exact) mass is 329 g/mol. The summed E-state index contributed by atoms with van der Waals surface area (Å²) < 4.78 is 19.1. The third-order valence-corrected chi connectivity index (χ3v) is 4.17. The van der Waals surface area contributed by atoms with E-state index < -0.39 is 0 Å². The maximum Gasteiger partial charge on any atom is 0.241 e. The van der Waals surface area contributed by atoms with Gasteiger partial charge in [0.15, 0.2) is 0 Å². The molecule has 24 heavy (non-hydrogen) atoms. The Morgan fingerprint density at radius 1 is 1.38 bits per heavy atom. The summed E-state index contributed by atoms with van der Waals surface area (Å²) in [4.78, 5) is 22.5. The molecule has 1 fully saturated rings. The summed E-state index contributed by atoms with van der Waals surface area (Å²) in [5.74, 6) is 0.617. The normalized spacial score (nSPS) is 17.6. The SMILES string of the molecule is CCC(=O)N1CCC[C@@H](c2nccnc2Oc2cccc(F)c2)C1. The van der Waals surface area contributed by atoms with Gasteiger partial charge in [0.2, 0.25) is 11.8 Å². The molecular weight excluding hydrogens is 309 g/mol. The molecule has 1 aliphatic rings. The maximum absolute atomic E-state index is 13.3. The van der Waals surface area contributed by atoms with E-state index in [0.29, 0.717) is 24.6 Å². The van der Waals surface area contributed by atoms with Gasteiger partial charge in [0.25, 0.3) is 0 Å². The van der Waals surface area contributed by atoms with Crippen LogP contribution in [-0.2, 0) is 4.79 Å². The van der Waals surface area contributed by atoms with Crippen LogP contribution in [0.25, 0.3) is 0 Å². The van der Waals surface area contributed by atoms with Gasteiger partial charge in [-0.3, -0.25) is 9.78 Å². The van der Waals surface area contributed by atoms with Crippen molar-refractivity contribution in [2.45, 2.75) is 32.1 Å². The van der Waals surface area contributed by atoms with Crippen molar-refractivity contribution >= 4 is 5.91 Å². The minimum atomic E-state index is -0.365. The average Bonchev–Trinajstić information content (AvgIpc) is 2.61. The molecule has 2 heterocycles. The van der Waals surface area contributed by atoms with E-state index in [-0.39, 0.29) is 17.6 Å². The van der Waals surface area contributed by atoms with Crippen LogP contribution in [0.15, 0.2) is 36.7 Å². The van der Waals surface area contributed by atoms with Crippen LogP contribution in [-0.4, -0.2) is 33.9 Å². The molecule has 1 atom stereocenters. The first kappa shape index (κ1) is 16.4. The van der Waals surface area contributed by atoms with Gasteiger partial charge in [-0.15, -0.1) is 0 Å². The number of likely N-dealkylation sites (tertiary alicyclic amines) is 1. The van der Waals surface area contributed by atoms with Crippen molar-refractivity contribution in [2.24, 2.45) is 0 Å². The maximum atomic E-state index is 13.3. The molecule has 1 amide bonds. The van der Waals surface area contributed by atoms with Crippen LogP contribution < -0.4 is 4.74 Å². The Bertz CT molecular complexity index is 723. The molecule has 2 aromatic rings. The number of aromatic nitrogens is 2. The molecule has 1 aromatic heterocycles. The van der Waals surface area contributed by atoms with Crippen LogP contribution in [0, 0.1) is 5.82 Å². The van der Waals surface area contributed by atoms with Gasteiger partial charge in [0.1, 0.15) is 17.3 Å². The van der Waals surface area contributed by atoms with Crippen molar-refractivity contribution < 1.29 is 13.9 Å². The molecule has 6 heteroatoms. The fourth-order valence-electron chi connectivity index (χ4n) is 2.99. The van der Waals surface area contributed by atoms with Crippen LogP contribution in [0.1, 0.15) is 37.8 Å². The van der Waals surface area contributed by atoms with Crippen LogP contribution in [0.3, 0.4) is 0 Å². The minimum absolute atomic E-state index is 0.0755. The fourth-order valence-corrected chi connectivity index (χ4v) is 2.99. The molecule has 0 aliphatic carbocycles. The lowest BCUT2D eigenvalue weighted by Crippen LogP contribution is -2.39. The van der Waals surface area contributed by atoms with Gasteiger partial charge < -0.3 is 9.64 Å². The van der Waals surface area contributed by atoms with Crippen molar-refractivity contribution in [1.82, 2.24) is 14.9 Å². The van der Waals surface area contributed by atoms with E-state index in [0.717, 1.165) is 25.1 Å². The molecule has 0 unspecified atom stereocenters. The Morgan fingerprint density at radius 2 is 2.21 bits per heavy atom. The Kier molecular flexibility index (Phi) is 5.03. The van der Waals surface area contributed by atoms with E-state index in [2.05, 4.69) is 9.97 Å². The second kappa shape index (κ2) is 7.38. The minimum Gasteiger partial charge on any atom is -0.437 e. The van der Waals surface area contributed by atoms with Crippen LogP contribution in [0.2, 0.25) is 0 Å². The highest BCUT2D eigenvalue weighted by atomic mass is 19.1. The number of hydrogen-bond acceptors (Lipinski definition) is 4. The number of piperidine rings is 1. The molecule has 5 nitrogen and oxygen atoms in total. The predicted molar refractivity (Wildman–Crippen MR) is 87.4 cm³/mol. The van der Waals surface area contributed by atoms with Crippen molar-refractivity contribution in [3.63, 3.8) is 0 Å². The number of ether oxygens (including phenoxy) is 1. The van der Waals surface area contributed by atoms with E-state index in [9.17, 15) is 9.18 Å². The summed E-state index contributed by atoms with van der Waals surface area (Å²) in [6.07, 6.45) is 5.52. The number of amides is 1. The van der Waals surface area contributed by atoms with Crippen LogP contribution in [0.4, 0.5) is 4.39 Å². The first-order valence-electron chi connectivity index (χ1n) is 8.19. The quantitative estimate of drug-likeness (QED) is 0.861. The highest BCUT2D eigenvalue weighted by Crippen LogP contribution is 2.32. The van der Waals surface area contributed by atoms with E-state index >= 15 is 0 Å². The number of benzene rings is 1. The zero-order valence-electron chi connectivity index (χ0n) is 13.6. The van der Waals surface area contributed by atoms with Crippen molar-refractivity contribution in [2.75, 3.05) is 13.1 Å². The third kappa shape index (κ3) is 3.69. The Balaban J connectivity index is 1.82. The Labute approximate surface area is 140 Å². The number of carbonyl (C=O) groups is 1. The van der Waals surface area contributed by atoms with Crippen molar-refractivity contribution in [3.8, 4) is 11.6 Å². The molecule has 0 saturated carbocycles. The summed E-state index contributed by atoms with van der Waals surface area (Å²) in [7, 11) is 0. The van der Waals surface area contributed by atoms with Gasteiger partial charge in [-0.2, -0.15) is 0 Å². The lowest BCUT2D eigenvalue weighted by molar-refractivity contribution is -0.132. The third-order valence-electron chi connectivity index (χ3n) is 4.17. The molecule has 0 spiro atoms. The lowest BCUT2D eigenvalue weighted by atomic mass is 9.94.